The third-order valence-electron chi connectivity index (χ3n) is 3.05. The summed E-state index contributed by atoms with van der Waals surface area (Å²) in [5.74, 6) is 1.44. The van der Waals surface area contributed by atoms with Gasteiger partial charge in [0.25, 0.3) is 0 Å². The lowest BCUT2D eigenvalue weighted by atomic mass is 10.2. The molecular formula is C15H25NO3. The first-order valence-corrected chi connectivity index (χ1v) is 6.96. The second-order valence-corrected chi connectivity index (χ2v) is 4.25. The zero-order chi connectivity index (χ0) is 14.1. The lowest BCUT2D eigenvalue weighted by molar-refractivity contribution is 0.213. The highest BCUT2D eigenvalue weighted by atomic mass is 16.5. The molecule has 19 heavy (non-hydrogen) atoms. The lowest BCUT2D eigenvalue weighted by Crippen LogP contribution is -2.27. The van der Waals surface area contributed by atoms with Gasteiger partial charge in [0.05, 0.1) is 13.2 Å². The van der Waals surface area contributed by atoms with Crippen LogP contribution in [0.25, 0.3) is 0 Å². The molecule has 0 saturated carbocycles. The minimum atomic E-state index is 0.0137. The van der Waals surface area contributed by atoms with Gasteiger partial charge in [0.15, 0.2) is 11.5 Å². The summed E-state index contributed by atoms with van der Waals surface area (Å²) in [4.78, 5) is 2.31. The predicted octanol–water partition coefficient (Wildman–Crippen LogP) is 2.30. The second kappa shape index (κ2) is 8.77. The fourth-order valence-electron chi connectivity index (χ4n) is 1.86. The summed E-state index contributed by atoms with van der Waals surface area (Å²) in [5, 5.41) is 9.13. The van der Waals surface area contributed by atoms with Crippen molar-refractivity contribution in [2.24, 2.45) is 0 Å². The Kier molecular flexibility index (Phi) is 7.30. The molecular weight excluding hydrogens is 242 g/mol. The summed E-state index contributed by atoms with van der Waals surface area (Å²) in [6.07, 6.45) is 0. The van der Waals surface area contributed by atoms with E-state index in [1.54, 1.807) is 0 Å². The van der Waals surface area contributed by atoms with Crippen LogP contribution in [-0.4, -0.2) is 42.9 Å². The Morgan fingerprint density at radius 1 is 1.05 bits per heavy atom. The fraction of sp³-hybridized carbons (Fsp3) is 0.600. The van der Waals surface area contributed by atoms with Crippen molar-refractivity contribution in [1.82, 2.24) is 4.90 Å². The van der Waals surface area contributed by atoms with E-state index in [1.807, 2.05) is 25.1 Å². The zero-order valence-electron chi connectivity index (χ0n) is 12.2. The molecule has 0 aliphatic rings. The maximum atomic E-state index is 9.13. The van der Waals surface area contributed by atoms with Gasteiger partial charge in [-0.05, 0) is 37.7 Å². The Morgan fingerprint density at radius 2 is 1.79 bits per heavy atom. The fourth-order valence-corrected chi connectivity index (χ4v) is 1.86. The third-order valence-corrected chi connectivity index (χ3v) is 3.05. The van der Waals surface area contributed by atoms with Crippen molar-refractivity contribution in [3.8, 4) is 11.5 Å². The summed E-state index contributed by atoms with van der Waals surface area (Å²) in [7, 11) is 0. The molecule has 0 aliphatic carbocycles. The zero-order valence-corrected chi connectivity index (χ0v) is 12.2. The summed E-state index contributed by atoms with van der Waals surface area (Å²) < 4.78 is 11.3. The molecule has 0 spiro atoms. The number of nitrogens with zero attached hydrogens (tertiary/aromatic N) is 1. The van der Waals surface area contributed by atoms with E-state index in [2.05, 4.69) is 18.7 Å². The predicted molar refractivity (Wildman–Crippen MR) is 76.8 cm³/mol. The molecule has 1 rings (SSSR count). The van der Waals surface area contributed by atoms with Crippen LogP contribution in [0.15, 0.2) is 18.2 Å². The number of ether oxygens (including phenoxy) is 2. The van der Waals surface area contributed by atoms with Crippen molar-refractivity contribution in [1.29, 1.82) is 0 Å². The molecule has 1 N–H and O–H groups in total. The van der Waals surface area contributed by atoms with Crippen LogP contribution in [0, 0.1) is 0 Å². The SMILES string of the molecule is CCOc1cc(CO)ccc1OCCN(CC)CC. The van der Waals surface area contributed by atoms with Crippen LogP contribution < -0.4 is 9.47 Å². The highest BCUT2D eigenvalue weighted by Crippen LogP contribution is 2.28. The van der Waals surface area contributed by atoms with Gasteiger partial charge in [-0.15, -0.1) is 0 Å². The average Bonchev–Trinajstić information content (AvgIpc) is 2.45. The van der Waals surface area contributed by atoms with E-state index in [0.717, 1.165) is 30.9 Å². The van der Waals surface area contributed by atoms with Crippen molar-refractivity contribution < 1.29 is 14.6 Å². The van der Waals surface area contributed by atoms with E-state index in [1.165, 1.54) is 0 Å². The monoisotopic (exact) mass is 267 g/mol. The second-order valence-electron chi connectivity index (χ2n) is 4.25. The van der Waals surface area contributed by atoms with Gasteiger partial charge in [-0.2, -0.15) is 0 Å². The van der Waals surface area contributed by atoms with Crippen LogP contribution in [0.1, 0.15) is 26.3 Å². The van der Waals surface area contributed by atoms with Gasteiger partial charge in [0.2, 0.25) is 0 Å². The molecule has 0 heterocycles. The Labute approximate surface area is 115 Å². The van der Waals surface area contributed by atoms with Crippen LogP contribution in [-0.2, 0) is 6.61 Å². The van der Waals surface area contributed by atoms with Crippen molar-refractivity contribution in [2.75, 3.05) is 32.8 Å². The van der Waals surface area contributed by atoms with E-state index in [-0.39, 0.29) is 6.61 Å². The maximum Gasteiger partial charge on any atom is 0.161 e. The summed E-state index contributed by atoms with van der Waals surface area (Å²) in [6, 6.07) is 5.55. The van der Waals surface area contributed by atoms with Crippen molar-refractivity contribution in [3.05, 3.63) is 23.8 Å². The highest BCUT2D eigenvalue weighted by Gasteiger charge is 2.07. The Hall–Kier alpha value is -1.26. The summed E-state index contributed by atoms with van der Waals surface area (Å²) in [6.45, 7) is 10.4. The third kappa shape index (κ3) is 5.09. The number of hydrogen-bond donors (Lipinski definition) is 1. The molecule has 4 nitrogen and oxygen atoms in total. The standard InChI is InChI=1S/C15H25NO3/c1-4-16(5-2)9-10-19-14-8-7-13(12-17)11-15(14)18-6-3/h7-8,11,17H,4-6,9-10,12H2,1-3H3. The van der Waals surface area contributed by atoms with E-state index in [9.17, 15) is 0 Å². The highest BCUT2D eigenvalue weighted by molar-refractivity contribution is 5.42. The van der Waals surface area contributed by atoms with Crippen molar-refractivity contribution in [2.45, 2.75) is 27.4 Å². The van der Waals surface area contributed by atoms with Crippen LogP contribution in [0.5, 0.6) is 11.5 Å². The van der Waals surface area contributed by atoms with Gasteiger partial charge in [-0.1, -0.05) is 19.9 Å². The summed E-state index contributed by atoms with van der Waals surface area (Å²) >= 11 is 0. The van der Waals surface area contributed by atoms with Gasteiger partial charge < -0.3 is 19.5 Å². The van der Waals surface area contributed by atoms with Crippen molar-refractivity contribution in [3.63, 3.8) is 0 Å². The number of likely N-dealkylation sites (N-methyl/N-ethyl adjacent to an activating group) is 1. The quantitative estimate of drug-likeness (QED) is 0.745. The minimum absolute atomic E-state index is 0.0137. The molecule has 1 aromatic rings. The largest absolute Gasteiger partial charge is 0.490 e. The minimum Gasteiger partial charge on any atom is -0.490 e. The molecule has 0 aromatic heterocycles. The smallest absolute Gasteiger partial charge is 0.161 e. The molecule has 0 aliphatic heterocycles. The first-order valence-electron chi connectivity index (χ1n) is 6.96. The molecule has 0 bridgehead atoms. The van der Waals surface area contributed by atoms with E-state index in [0.29, 0.717) is 19.0 Å². The molecule has 1 aromatic carbocycles. The number of benzene rings is 1. The molecule has 0 atom stereocenters. The first kappa shape index (κ1) is 15.8. The Balaban J connectivity index is 2.61. The van der Waals surface area contributed by atoms with Crippen LogP contribution >= 0.6 is 0 Å². The molecule has 0 radical (unpaired) electrons. The van der Waals surface area contributed by atoms with Crippen molar-refractivity contribution >= 4 is 0 Å². The topological polar surface area (TPSA) is 41.9 Å². The van der Waals surface area contributed by atoms with Gasteiger partial charge >= 0.3 is 0 Å². The van der Waals surface area contributed by atoms with Crippen LogP contribution in [0.4, 0.5) is 0 Å². The molecule has 4 heteroatoms. The number of rotatable bonds is 9. The number of aliphatic hydroxyl groups excluding tert-OH is 1. The van der Waals surface area contributed by atoms with Crippen LogP contribution in [0.2, 0.25) is 0 Å². The normalized spacial score (nSPS) is 10.8. The van der Waals surface area contributed by atoms with Gasteiger partial charge in [-0.3, -0.25) is 0 Å². The molecule has 0 unspecified atom stereocenters. The number of hydrogen-bond acceptors (Lipinski definition) is 4. The average molecular weight is 267 g/mol. The van der Waals surface area contributed by atoms with Gasteiger partial charge in [-0.25, -0.2) is 0 Å². The number of aliphatic hydroxyl groups is 1. The van der Waals surface area contributed by atoms with E-state index in [4.69, 9.17) is 14.6 Å². The molecule has 0 fully saturated rings. The lowest BCUT2D eigenvalue weighted by Gasteiger charge is -2.19. The Morgan fingerprint density at radius 3 is 2.37 bits per heavy atom. The van der Waals surface area contributed by atoms with Gasteiger partial charge in [0, 0.05) is 6.54 Å². The van der Waals surface area contributed by atoms with E-state index >= 15 is 0 Å². The molecule has 0 amide bonds. The van der Waals surface area contributed by atoms with E-state index < -0.39 is 0 Å². The molecule has 108 valence electrons. The Bertz CT molecular complexity index is 364. The first-order chi connectivity index (χ1) is 9.24. The summed E-state index contributed by atoms with van der Waals surface area (Å²) in [5.41, 5.74) is 0.833. The molecule has 0 saturated heterocycles. The van der Waals surface area contributed by atoms with Crippen LogP contribution in [0.3, 0.4) is 0 Å². The van der Waals surface area contributed by atoms with Gasteiger partial charge in [0.1, 0.15) is 6.61 Å². The maximum absolute atomic E-state index is 9.13.